The molecule has 0 aliphatic heterocycles. The number of anilines is 2. The van der Waals surface area contributed by atoms with Gasteiger partial charge < -0.3 is 10.6 Å². The smallest absolute Gasteiger partial charge is 0.176 e. The van der Waals surface area contributed by atoms with E-state index < -0.39 is 5.82 Å². The Morgan fingerprint density at radius 3 is 2.52 bits per heavy atom. The summed E-state index contributed by atoms with van der Waals surface area (Å²) in [6, 6.07) is 9.99. The first-order valence-corrected chi connectivity index (χ1v) is 9.38. The lowest BCUT2D eigenvalue weighted by Gasteiger charge is -2.12. The number of thiocarbonyl (C=S) groups is 1. The van der Waals surface area contributed by atoms with Crippen LogP contribution in [0.4, 0.5) is 15.9 Å². The highest BCUT2D eigenvalue weighted by atomic mass is 35.5. The predicted octanol–water partition coefficient (Wildman–Crippen LogP) is 6.15. The fraction of sp³-hybridized carbons (Fsp3) is 0.111. The topological polar surface area (TPSA) is 41.9 Å². The molecule has 27 heavy (non-hydrogen) atoms. The van der Waals surface area contributed by atoms with Crippen molar-refractivity contribution in [3.05, 3.63) is 74.6 Å². The average molecular weight is 444 g/mol. The van der Waals surface area contributed by atoms with E-state index in [1.165, 1.54) is 10.7 Å². The minimum Gasteiger partial charge on any atom is -0.332 e. The third kappa shape index (κ3) is 4.71. The van der Waals surface area contributed by atoms with Crippen molar-refractivity contribution in [1.29, 1.82) is 0 Å². The van der Waals surface area contributed by atoms with Gasteiger partial charge in [-0.15, -0.1) is 0 Å². The van der Waals surface area contributed by atoms with Crippen molar-refractivity contribution < 1.29 is 4.39 Å². The van der Waals surface area contributed by atoms with Crippen LogP contribution in [0.15, 0.2) is 42.6 Å². The quantitative estimate of drug-likeness (QED) is 0.475. The molecule has 3 aromatic rings. The summed E-state index contributed by atoms with van der Waals surface area (Å²) in [6.07, 6.45) is 1.57. The molecular formula is C18H14Cl3FN4S. The fourth-order valence-electron chi connectivity index (χ4n) is 2.41. The second-order valence-corrected chi connectivity index (χ2v) is 7.34. The van der Waals surface area contributed by atoms with Crippen molar-refractivity contribution in [3.8, 4) is 0 Å². The molecule has 0 amide bonds. The van der Waals surface area contributed by atoms with Crippen LogP contribution < -0.4 is 10.6 Å². The zero-order valence-electron chi connectivity index (χ0n) is 14.1. The molecule has 0 saturated heterocycles. The van der Waals surface area contributed by atoms with E-state index in [4.69, 9.17) is 47.0 Å². The van der Waals surface area contributed by atoms with E-state index in [1.807, 2.05) is 19.1 Å². The number of halogens is 4. The lowest BCUT2D eigenvalue weighted by atomic mass is 10.2. The van der Waals surface area contributed by atoms with Gasteiger partial charge in [0.2, 0.25) is 0 Å². The Balaban J connectivity index is 1.73. The van der Waals surface area contributed by atoms with E-state index in [2.05, 4.69) is 15.7 Å². The van der Waals surface area contributed by atoms with Gasteiger partial charge >= 0.3 is 0 Å². The molecule has 3 rings (SSSR count). The second kappa shape index (κ2) is 8.44. The lowest BCUT2D eigenvalue weighted by molar-refractivity contribution is 0.586. The van der Waals surface area contributed by atoms with Gasteiger partial charge in [0.25, 0.3) is 0 Å². The highest BCUT2D eigenvalue weighted by molar-refractivity contribution is 7.80. The van der Waals surface area contributed by atoms with Gasteiger partial charge in [-0.25, -0.2) is 4.39 Å². The first-order valence-electron chi connectivity index (χ1n) is 7.84. The molecule has 0 radical (unpaired) electrons. The summed E-state index contributed by atoms with van der Waals surface area (Å²) in [5.74, 6) is -0.0569. The molecule has 4 nitrogen and oxygen atoms in total. The number of aromatic nitrogens is 2. The van der Waals surface area contributed by atoms with Gasteiger partial charge in [0, 0.05) is 27.5 Å². The van der Waals surface area contributed by atoms with Crippen LogP contribution in [0.3, 0.4) is 0 Å². The molecular weight excluding hydrogens is 430 g/mol. The number of nitrogens with one attached hydrogen (secondary N) is 2. The molecule has 0 fully saturated rings. The lowest BCUT2D eigenvalue weighted by Crippen LogP contribution is -2.20. The monoisotopic (exact) mass is 442 g/mol. The molecule has 0 aliphatic rings. The van der Waals surface area contributed by atoms with E-state index >= 15 is 0 Å². The summed E-state index contributed by atoms with van der Waals surface area (Å²) in [5, 5.41) is 11.9. The van der Waals surface area contributed by atoms with E-state index in [9.17, 15) is 4.39 Å². The summed E-state index contributed by atoms with van der Waals surface area (Å²) in [4.78, 5) is 0. The van der Waals surface area contributed by atoms with E-state index in [1.54, 1.807) is 24.4 Å². The van der Waals surface area contributed by atoms with Crippen molar-refractivity contribution in [2.24, 2.45) is 0 Å². The molecule has 1 heterocycles. The van der Waals surface area contributed by atoms with Crippen molar-refractivity contribution in [3.63, 3.8) is 0 Å². The molecule has 140 valence electrons. The Kier molecular flexibility index (Phi) is 6.22. The number of hydrogen-bond acceptors (Lipinski definition) is 2. The normalized spacial score (nSPS) is 10.7. The SMILES string of the molecule is Cc1c(Cl)cccc1NC(=S)Nc1nn(Cc2c(F)cccc2Cl)cc1Cl. The molecule has 0 aliphatic carbocycles. The van der Waals surface area contributed by atoms with Crippen LogP contribution in [-0.2, 0) is 6.54 Å². The van der Waals surface area contributed by atoms with Crippen LogP contribution in [0.5, 0.6) is 0 Å². The molecule has 0 bridgehead atoms. The second-order valence-electron chi connectivity index (χ2n) is 5.71. The highest BCUT2D eigenvalue weighted by Gasteiger charge is 2.13. The zero-order valence-corrected chi connectivity index (χ0v) is 17.1. The molecule has 9 heteroatoms. The number of benzene rings is 2. The summed E-state index contributed by atoms with van der Waals surface area (Å²) < 4.78 is 15.4. The van der Waals surface area contributed by atoms with E-state index in [0.29, 0.717) is 31.6 Å². The van der Waals surface area contributed by atoms with E-state index in [-0.39, 0.29) is 6.54 Å². The maximum absolute atomic E-state index is 14.0. The molecule has 1 aromatic heterocycles. The number of nitrogens with zero attached hydrogens (tertiary/aromatic N) is 2. The van der Waals surface area contributed by atoms with E-state index in [0.717, 1.165) is 11.3 Å². The van der Waals surface area contributed by atoms with Crippen LogP contribution in [0.25, 0.3) is 0 Å². The van der Waals surface area contributed by atoms with Gasteiger partial charge in [-0.2, -0.15) is 5.10 Å². The van der Waals surface area contributed by atoms with Crippen molar-refractivity contribution in [2.45, 2.75) is 13.5 Å². The molecule has 0 spiro atoms. The zero-order chi connectivity index (χ0) is 19.6. The average Bonchev–Trinajstić information content (AvgIpc) is 2.95. The fourth-order valence-corrected chi connectivity index (χ4v) is 3.21. The van der Waals surface area contributed by atoms with Gasteiger partial charge in [-0.1, -0.05) is 46.9 Å². The minimum absolute atomic E-state index is 0.139. The Labute approximate surface area is 176 Å². The third-order valence-corrected chi connectivity index (χ3v) is 5.09. The summed E-state index contributed by atoms with van der Waals surface area (Å²) >= 11 is 23.7. The summed E-state index contributed by atoms with van der Waals surface area (Å²) in [7, 11) is 0. The van der Waals surface area contributed by atoms with Crippen LogP contribution in [0.1, 0.15) is 11.1 Å². The Bertz CT molecular complexity index is 986. The Morgan fingerprint density at radius 1 is 1.07 bits per heavy atom. The van der Waals surface area contributed by atoms with Crippen molar-refractivity contribution >= 4 is 63.6 Å². The Morgan fingerprint density at radius 2 is 1.78 bits per heavy atom. The van der Waals surface area contributed by atoms with Gasteiger partial charge in [-0.3, -0.25) is 4.68 Å². The molecule has 0 atom stereocenters. The number of rotatable bonds is 4. The van der Waals surface area contributed by atoms with Crippen molar-refractivity contribution in [1.82, 2.24) is 9.78 Å². The van der Waals surface area contributed by atoms with Gasteiger partial charge in [0.15, 0.2) is 10.9 Å². The third-order valence-electron chi connectivity index (χ3n) is 3.85. The summed E-state index contributed by atoms with van der Waals surface area (Å²) in [5.41, 5.74) is 1.97. The van der Waals surface area contributed by atoms with Gasteiger partial charge in [0.05, 0.1) is 6.54 Å². The maximum Gasteiger partial charge on any atom is 0.176 e. The predicted molar refractivity (Wildman–Crippen MR) is 114 cm³/mol. The highest BCUT2D eigenvalue weighted by Crippen LogP contribution is 2.25. The molecule has 2 N–H and O–H groups in total. The first-order chi connectivity index (χ1) is 12.8. The van der Waals surface area contributed by atoms with Crippen LogP contribution in [0, 0.1) is 12.7 Å². The van der Waals surface area contributed by atoms with Crippen LogP contribution >= 0.6 is 47.0 Å². The van der Waals surface area contributed by atoms with Gasteiger partial charge in [-0.05, 0) is 49.0 Å². The maximum atomic E-state index is 14.0. The largest absolute Gasteiger partial charge is 0.332 e. The van der Waals surface area contributed by atoms with Crippen LogP contribution in [-0.4, -0.2) is 14.9 Å². The summed E-state index contributed by atoms with van der Waals surface area (Å²) in [6.45, 7) is 2.02. The minimum atomic E-state index is -0.405. The first kappa shape index (κ1) is 19.9. The van der Waals surface area contributed by atoms with Crippen LogP contribution in [0.2, 0.25) is 15.1 Å². The molecule has 0 unspecified atom stereocenters. The Hall–Kier alpha value is -1.86. The molecule has 0 saturated carbocycles. The van der Waals surface area contributed by atoms with Gasteiger partial charge in [0.1, 0.15) is 10.8 Å². The van der Waals surface area contributed by atoms with Crippen molar-refractivity contribution in [2.75, 3.05) is 10.6 Å². The standard InChI is InChI=1S/C18H14Cl3FN4S/c1-10-12(19)4-3-7-16(10)23-18(27)24-17-14(21)9-26(25-17)8-11-13(20)5-2-6-15(11)22/h2-7,9H,8H2,1H3,(H2,23,24,25,27). The molecule has 2 aromatic carbocycles. The number of hydrogen-bond donors (Lipinski definition) is 2.